The molecule has 0 aliphatic heterocycles. The Balaban J connectivity index is 2.44. The normalized spacial score (nSPS) is 11.3. The molecule has 0 fully saturated rings. The van der Waals surface area contributed by atoms with Gasteiger partial charge in [-0.15, -0.1) is 0 Å². The predicted molar refractivity (Wildman–Crippen MR) is 81.3 cm³/mol. The average Bonchev–Trinajstić information content (AvgIpc) is 2.35. The lowest BCUT2D eigenvalue weighted by molar-refractivity contribution is 0.600. The van der Waals surface area contributed by atoms with Crippen LogP contribution in [0.2, 0.25) is 0 Å². The van der Waals surface area contributed by atoms with Gasteiger partial charge in [0.05, 0.1) is 5.69 Å². The summed E-state index contributed by atoms with van der Waals surface area (Å²) in [7, 11) is -3.76. The molecule has 8 heteroatoms. The number of anilines is 2. The Morgan fingerprint density at radius 3 is 2.63 bits per heavy atom. The second kappa shape index (κ2) is 5.48. The number of rotatable bonds is 3. The number of nitrogens with one attached hydrogen (secondary N) is 1. The monoisotopic (exact) mass is 405 g/mol. The largest absolute Gasteiger partial charge is 0.396 e. The molecule has 0 saturated heterocycles. The Bertz CT molecular complexity index is 720. The lowest BCUT2D eigenvalue weighted by atomic mass is 10.4. The van der Waals surface area contributed by atoms with E-state index in [2.05, 4.69) is 41.6 Å². The van der Waals surface area contributed by atoms with E-state index in [-0.39, 0.29) is 16.4 Å². The number of halogens is 2. The molecular weight excluding hydrogens is 398 g/mol. The molecule has 2 aromatic rings. The fourth-order valence-corrected chi connectivity index (χ4v) is 3.91. The third-order valence-corrected chi connectivity index (χ3v) is 5.08. The molecular formula is C11H9Br2N3O2S. The molecule has 19 heavy (non-hydrogen) atoms. The van der Waals surface area contributed by atoms with E-state index in [0.29, 0.717) is 8.95 Å². The zero-order chi connectivity index (χ0) is 14.0. The molecule has 0 spiro atoms. The molecule has 0 amide bonds. The highest BCUT2D eigenvalue weighted by Gasteiger charge is 2.19. The minimum Gasteiger partial charge on any atom is -0.396 e. The van der Waals surface area contributed by atoms with Gasteiger partial charge in [0.25, 0.3) is 10.0 Å². The van der Waals surface area contributed by atoms with Crippen LogP contribution in [0.5, 0.6) is 0 Å². The van der Waals surface area contributed by atoms with Gasteiger partial charge in [-0.05, 0) is 46.3 Å². The van der Waals surface area contributed by atoms with Crippen molar-refractivity contribution in [3.8, 4) is 0 Å². The quantitative estimate of drug-likeness (QED) is 0.820. The Morgan fingerprint density at radius 2 is 1.95 bits per heavy atom. The summed E-state index contributed by atoms with van der Waals surface area (Å²) in [6.45, 7) is 0. The molecule has 1 aromatic carbocycles. The van der Waals surface area contributed by atoms with Crippen LogP contribution in [-0.2, 0) is 10.0 Å². The molecule has 3 N–H and O–H groups in total. The van der Waals surface area contributed by atoms with Crippen molar-refractivity contribution in [2.24, 2.45) is 0 Å². The van der Waals surface area contributed by atoms with Gasteiger partial charge in [0.2, 0.25) is 0 Å². The van der Waals surface area contributed by atoms with Crippen LogP contribution < -0.4 is 10.5 Å². The summed E-state index contributed by atoms with van der Waals surface area (Å²) in [6, 6.07) is 8.06. The summed E-state index contributed by atoms with van der Waals surface area (Å²) in [5.41, 5.74) is 5.92. The fraction of sp³-hybridized carbons (Fsp3) is 0. The third kappa shape index (κ3) is 3.26. The van der Waals surface area contributed by atoms with Crippen LogP contribution in [0.1, 0.15) is 0 Å². The molecule has 0 atom stereocenters. The van der Waals surface area contributed by atoms with Crippen molar-refractivity contribution in [3.63, 3.8) is 0 Å². The number of sulfonamides is 1. The number of hydrogen-bond acceptors (Lipinski definition) is 4. The van der Waals surface area contributed by atoms with E-state index in [1.54, 1.807) is 24.3 Å². The SMILES string of the molecule is Nc1cccnc1NS(=O)(=O)c1cc(Br)ccc1Br. The Morgan fingerprint density at radius 1 is 1.21 bits per heavy atom. The maximum Gasteiger partial charge on any atom is 0.264 e. The standard InChI is InChI=1S/C11H9Br2N3O2S/c12-7-3-4-8(13)10(6-7)19(17,18)16-11-9(14)2-1-5-15-11/h1-6H,14H2,(H,15,16). The van der Waals surface area contributed by atoms with Crippen LogP contribution in [0.25, 0.3) is 0 Å². The maximum atomic E-state index is 12.3. The molecule has 0 unspecified atom stereocenters. The van der Waals surface area contributed by atoms with E-state index in [1.165, 1.54) is 12.3 Å². The van der Waals surface area contributed by atoms with Gasteiger partial charge in [-0.2, -0.15) is 0 Å². The van der Waals surface area contributed by atoms with E-state index in [9.17, 15) is 8.42 Å². The van der Waals surface area contributed by atoms with E-state index < -0.39 is 10.0 Å². The molecule has 1 aromatic heterocycles. The van der Waals surface area contributed by atoms with Crippen LogP contribution in [0, 0.1) is 0 Å². The fourth-order valence-electron chi connectivity index (χ4n) is 1.37. The summed E-state index contributed by atoms with van der Waals surface area (Å²) in [5.74, 6) is 0.106. The number of pyridine rings is 1. The Hall–Kier alpha value is -1.12. The second-order valence-corrected chi connectivity index (χ2v) is 7.04. The van der Waals surface area contributed by atoms with Gasteiger partial charge in [-0.3, -0.25) is 4.72 Å². The van der Waals surface area contributed by atoms with Crippen LogP contribution in [-0.4, -0.2) is 13.4 Å². The van der Waals surface area contributed by atoms with Gasteiger partial charge >= 0.3 is 0 Å². The number of benzene rings is 1. The van der Waals surface area contributed by atoms with Crippen LogP contribution >= 0.6 is 31.9 Å². The molecule has 5 nitrogen and oxygen atoms in total. The first-order chi connectivity index (χ1) is 8.90. The van der Waals surface area contributed by atoms with Crippen molar-refractivity contribution in [2.75, 3.05) is 10.5 Å². The summed E-state index contributed by atoms with van der Waals surface area (Å²) in [5, 5.41) is 0. The van der Waals surface area contributed by atoms with E-state index >= 15 is 0 Å². The van der Waals surface area contributed by atoms with E-state index in [4.69, 9.17) is 5.73 Å². The lowest BCUT2D eigenvalue weighted by Crippen LogP contribution is -2.15. The Kier molecular flexibility index (Phi) is 4.12. The summed E-state index contributed by atoms with van der Waals surface area (Å²) >= 11 is 6.44. The first-order valence-electron chi connectivity index (χ1n) is 5.08. The number of nitrogen functional groups attached to an aromatic ring is 1. The van der Waals surface area contributed by atoms with Crippen LogP contribution in [0.4, 0.5) is 11.5 Å². The van der Waals surface area contributed by atoms with Crippen LogP contribution in [0.3, 0.4) is 0 Å². The summed E-state index contributed by atoms with van der Waals surface area (Å²) in [4.78, 5) is 4.00. The highest BCUT2D eigenvalue weighted by Crippen LogP contribution is 2.28. The number of nitrogens with two attached hydrogens (primary N) is 1. The van der Waals surface area contributed by atoms with Crippen LogP contribution in [0.15, 0.2) is 50.4 Å². The second-order valence-electron chi connectivity index (χ2n) is 3.62. The van der Waals surface area contributed by atoms with Gasteiger partial charge in [-0.1, -0.05) is 15.9 Å². The Labute approximate surface area is 127 Å². The van der Waals surface area contributed by atoms with Gasteiger partial charge in [0.15, 0.2) is 5.82 Å². The molecule has 0 radical (unpaired) electrons. The van der Waals surface area contributed by atoms with Crippen molar-refractivity contribution in [1.82, 2.24) is 4.98 Å². The average molecular weight is 407 g/mol. The van der Waals surface area contributed by atoms with Gasteiger partial charge in [-0.25, -0.2) is 13.4 Å². The smallest absolute Gasteiger partial charge is 0.264 e. The van der Waals surface area contributed by atoms with Crippen molar-refractivity contribution in [3.05, 3.63) is 45.5 Å². The van der Waals surface area contributed by atoms with Gasteiger partial charge in [0.1, 0.15) is 4.90 Å². The van der Waals surface area contributed by atoms with E-state index in [1.807, 2.05) is 0 Å². The topological polar surface area (TPSA) is 85.1 Å². The molecule has 0 aliphatic rings. The first kappa shape index (κ1) is 14.3. The predicted octanol–water partition coefficient (Wildman–Crippen LogP) is 2.99. The van der Waals surface area contributed by atoms with Crippen molar-refractivity contribution in [2.45, 2.75) is 4.90 Å². The summed E-state index contributed by atoms with van der Waals surface area (Å²) in [6.07, 6.45) is 1.46. The molecule has 0 saturated carbocycles. The zero-order valence-corrected chi connectivity index (χ0v) is 13.5. The lowest BCUT2D eigenvalue weighted by Gasteiger charge is -2.10. The molecule has 0 aliphatic carbocycles. The molecule has 0 bridgehead atoms. The molecule has 2 rings (SSSR count). The van der Waals surface area contributed by atoms with Crippen molar-refractivity contribution in [1.29, 1.82) is 0 Å². The first-order valence-corrected chi connectivity index (χ1v) is 8.15. The number of hydrogen-bond donors (Lipinski definition) is 2. The highest BCUT2D eigenvalue weighted by molar-refractivity contribution is 9.11. The van der Waals surface area contributed by atoms with Gasteiger partial charge in [0, 0.05) is 15.1 Å². The maximum absolute atomic E-state index is 12.3. The molecule has 100 valence electrons. The number of nitrogens with zero attached hydrogens (tertiary/aromatic N) is 1. The minimum absolute atomic E-state index is 0.104. The highest BCUT2D eigenvalue weighted by atomic mass is 79.9. The minimum atomic E-state index is -3.76. The summed E-state index contributed by atoms with van der Waals surface area (Å²) < 4.78 is 28.0. The van der Waals surface area contributed by atoms with Gasteiger partial charge < -0.3 is 5.73 Å². The molecule has 1 heterocycles. The van der Waals surface area contributed by atoms with Crippen molar-refractivity contribution < 1.29 is 8.42 Å². The zero-order valence-electron chi connectivity index (χ0n) is 9.47. The third-order valence-electron chi connectivity index (χ3n) is 2.25. The number of aromatic nitrogens is 1. The van der Waals surface area contributed by atoms with Crippen molar-refractivity contribution >= 4 is 53.4 Å². The van der Waals surface area contributed by atoms with E-state index in [0.717, 1.165) is 0 Å².